The van der Waals surface area contributed by atoms with Crippen LogP contribution in [0.2, 0.25) is 0 Å². The summed E-state index contributed by atoms with van der Waals surface area (Å²) in [5.41, 5.74) is 6.43. The molecular formula is C21H22N4OS. The Hall–Kier alpha value is -2.86. The fraction of sp³-hybridized carbons (Fsp3) is 0.190. The number of thioether (sulfide) groups is 1. The Bertz CT molecular complexity index is 936. The Kier molecular flexibility index (Phi) is 6.08. The van der Waals surface area contributed by atoms with Crippen LogP contribution in [0.3, 0.4) is 0 Å². The summed E-state index contributed by atoms with van der Waals surface area (Å²) >= 11 is 1.50. The maximum absolute atomic E-state index is 12.8. The third-order valence-corrected chi connectivity index (χ3v) is 5.54. The van der Waals surface area contributed by atoms with Crippen LogP contribution >= 0.6 is 11.8 Å². The number of carbonyl (C=O) groups is 1. The number of rotatable bonds is 6. The van der Waals surface area contributed by atoms with Gasteiger partial charge in [0, 0.05) is 23.2 Å². The maximum atomic E-state index is 12.8. The smallest absolute Gasteiger partial charge is 0.258 e. The quantitative estimate of drug-likeness (QED) is 0.400. The minimum atomic E-state index is -0.387. The molecule has 0 spiro atoms. The molecule has 3 aromatic rings. The van der Waals surface area contributed by atoms with Crippen molar-refractivity contribution in [1.82, 2.24) is 15.2 Å². The molecule has 0 radical (unpaired) electrons. The first-order chi connectivity index (χ1) is 13.1. The van der Waals surface area contributed by atoms with Gasteiger partial charge < -0.3 is 0 Å². The summed E-state index contributed by atoms with van der Waals surface area (Å²) in [6.07, 6.45) is 1.66. The van der Waals surface area contributed by atoms with E-state index < -0.39 is 0 Å². The second kappa shape index (κ2) is 8.68. The number of hydrogen-bond donors (Lipinski definition) is 1. The fourth-order valence-electron chi connectivity index (χ4n) is 2.73. The summed E-state index contributed by atoms with van der Waals surface area (Å²) in [6.45, 7) is 3.90. The number of nitrogens with one attached hydrogen (secondary N) is 1. The van der Waals surface area contributed by atoms with Gasteiger partial charge in [-0.1, -0.05) is 48.5 Å². The largest absolute Gasteiger partial charge is 0.272 e. The number of carbonyl (C=O) groups excluding carboxylic acids is 1. The van der Waals surface area contributed by atoms with Gasteiger partial charge in [0.15, 0.2) is 0 Å². The number of aromatic nitrogens is 2. The van der Waals surface area contributed by atoms with E-state index in [1.54, 1.807) is 10.9 Å². The van der Waals surface area contributed by atoms with Gasteiger partial charge in [0.05, 0.1) is 11.9 Å². The average Bonchev–Trinajstić information content (AvgIpc) is 2.93. The normalized spacial score (nSPS) is 12.3. The lowest BCUT2D eigenvalue weighted by atomic mass is 10.1. The first kappa shape index (κ1) is 18.9. The zero-order chi connectivity index (χ0) is 19.2. The van der Waals surface area contributed by atoms with Crippen molar-refractivity contribution in [2.24, 2.45) is 12.1 Å². The van der Waals surface area contributed by atoms with Crippen LogP contribution in [0.5, 0.6) is 0 Å². The average molecular weight is 379 g/mol. The van der Waals surface area contributed by atoms with Gasteiger partial charge in [-0.25, -0.2) is 5.43 Å². The number of aryl methyl sites for hydroxylation is 2. The van der Waals surface area contributed by atoms with E-state index >= 15 is 0 Å². The molecule has 0 aliphatic carbocycles. The summed E-state index contributed by atoms with van der Waals surface area (Å²) in [5.74, 6) is -0.162. The van der Waals surface area contributed by atoms with Crippen molar-refractivity contribution in [3.8, 4) is 0 Å². The maximum Gasteiger partial charge on any atom is 0.258 e. The van der Waals surface area contributed by atoms with Crippen molar-refractivity contribution in [1.29, 1.82) is 0 Å². The summed E-state index contributed by atoms with van der Waals surface area (Å²) in [6, 6.07) is 19.6. The van der Waals surface area contributed by atoms with Gasteiger partial charge in [0.2, 0.25) is 0 Å². The second-order valence-electron chi connectivity index (χ2n) is 6.16. The number of amides is 1. The molecule has 0 aliphatic heterocycles. The molecule has 138 valence electrons. The van der Waals surface area contributed by atoms with Crippen LogP contribution in [0.4, 0.5) is 0 Å². The van der Waals surface area contributed by atoms with Gasteiger partial charge in [-0.3, -0.25) is 9.48 Å². The van der Waals surface area contributed by atoms with E-state index in [0.717, 1.165) is 27.4 Å². The van der Waals surface area contributed by atoms with Gasteiger partial charge in [-0.15, -0.1) is 11.8 Å². The molecule has 0 unspecified atom stereocenters. The van der Waals surface area contributed by atoms with E-state index in [9.17, 15) is 4.79 Å². The zero-order valence-electron chi connectivity index (χ0n) is 15.6. The fourth-order valence-corrected chi connectivity index (χ4v) is 3.77. The highest BCUT2D eigenvalue weighted by atomic mass is 32.2. The molecule has 0 fully saturated rings. The molecular weight excluding hydrogens is 356 g/mol. The van der Waals surface area contributed by atoms with Crippen molar-refractivity contribution in [3.05, 3.63) is 83.2 Å². The summed E-state index contributed by atoms with van der Waals surface area (Å²) in [4.78, 5) is 13.9. The van der Waals surface area contributed by atoms with E-state index in [1.807, 2.05) is 81.6 Å². The van der Waals surface area contributed by atoms with Gasteiger partial charge in [-0.2, -0.15) is 10.2 Å². The first-order valence-corrected chi connectivity index (χ1v) is 9.54. The molecule has 1 N–H and O–H groups in total. The number of benzene rings is 2. The molecule has 1 amide bonds. The SMILES string of the molecule is Cc1nn(C)c(C)c1/C=N\NC(=O)[C@H](Sc1ccccc1)c1ccccc1. The molecule has 3 rings (SSSR count). The van der Waals surface area contributed by atoms with E-state index in [0.29, 0.717) is 0 Å². The molecule has 0 saturated carbocycles. The predicted molar refractivity (Wildman–Crippen MR) is 110 cm³/mol. The lowest BCUT2D eigenvalue weighted by Crippen LogP contribution is -2.23. The first-order valence-electron chi connectivity index (χ1n) is 8.66. The summed E-state index contributed by atoms with van der Waals surface area (Å²) < 4.78 is 1.80. The van der Waals surface area contributed by atoms with Crippen LogP contribution in [0.1, 0.15) is 27.8 Å². The van der Waals surface area contributed by atoms with Gasteiger partial charge in [-0.05, 0) is 31.5 Å². The van der Waals surface area contributed by atoms with Crippen LogP contribution in [0.15, 0.2) is 70.7 Å². The minimum absolute atomic E-state index is 0.162. The third-order valence-electron chi connectivity index (χ3n) is 4.27. The van der Waals surface area contributed by atoms with Gasteiger partial charge in [0.1, 0.15) is 5.25 Å². The van der Waals surface area contributed by atoms with Crippen molar-refractivity contribution >= 4 is 23.9 Å². The molecule has 2 aromatic carbocycles. The van der Waals surface area contributed by atoms with Crippen LogP contribution in [0, 0.1) is 13.8 Å². The molecule has 0 saturated heterocycles. The topological polar surface area (TPSA) is 59.3 Å². The van der Waals surface area contributed by atoms with Crippen molar-refractivity contribution in [2.75, 3.05) is 0 Å². The lowest BCUT2D eigenvalue weighted by molar-refractivity contribution is -0.120. The van der Waals surface area contributed by atoms with Gasteiger partial charge in [0.25, 0.3) is 5.91 Å². The summed E-state index contributed by atoms with van der Waals surface area (Å²) in [7, 11) is 1.89. The Morgan fingerprint density at radius 2 is 1.74 bits per heavy atom. The van der Waals surface area contributed by atoms with Crippen molar-refractivity contribution in [3.63, 3.8) is 0 Å². The Labute approximate surface area is 163 Å². The van der Waals surface area contributed by atoms with E-state index in [4.69, 9.17) is 0 Å². The molecule has 0 bridgehead atoms. The molecule has 0 aliphatic rings. The highest BCUT2D eigenvalue weighted by Crippen LogP contribution is 2.35. The highest BCUT2D eigenvalue weighted by molar-refractivity contribution is 8.00. The standard InChI is InChI=1S/C21H22N4OS/c1-15-19(16(2)25(3)24-15)14-22-23-21(26)20(17-10-6-4-7-11-17)27-18-12-8-5-9-13-18/h4-14,20H,1-3H3,(H,23,26)/b22-14-/t20-/m1/s1. The highest BCUT2D eigenvalue weighted by Gasteiger charge is 2.21. The van der Waals surface area contributed by atoms with Crippen molar-refractivity contribution < 1.29 is 4.79 Å². The lowest BCUT2D eigenvalue weighted by Gasteiger charge is -2.15. The number of hydrazone groups is 1. The van der Waals surface area contributed by atoms with Gasteiger partial charge >= 0.3 is 0 Å². The Morgan fingerprint density at radius 1 is 1.11 bits per heavy atom. The van der Waals surface area contributed by atoms with Crippen molar-refractivity contribution in [2.45, 2.75) is 24.0 Å². The zero-order valence-corrected chi connectivity index (χ0v) is 16.4. The van der Waals surface area contributed by atoms with Crippen LogP contribution in [-0.2, 0) is 11.8 Å². The van der Waals surface area contributed by atoms with E-state index in [-0.39, 0.29) is 11.2 Å². The second-order valence-corrected chi connectivity index (χ2v) is 7.34. The monoisotopic (exact) mass is 378 g/mol. The molecule has 27 heavy (non-hydrogen) atoms. The molecule has 1 aromatic heterocycles. The molecule has 1 heterocycles. The van der Waals surface area contributed by atoms with Crippen LogP contribution in [-0.4, -0.2) is 21.9 Å². The molecule has 1 atom stereocenters. The number of hydrogen-bond acceptors (Lipinski definition) is 4. The van der Waals surface area contributed by atoms with Crippen LogP contribution < -0.4 is 5.43 Å². The Balaban J connectivity index is 1.77. The summed E-state index contributed by atoms with van der Waals surface area (Å²) in [5, 5.41) is 8.14. The molecule has 5 nitrogen and oxygen atoms in total. The minimum Gasteiger partial charge on any atom is -0.272 e. The Morgan fingerprint density at radius 3 is 2.33 bits per heavy atom. The molecule has 6 heteroatoms. The predicted octanol–water partition coefficient (Wildman–Crippen LogP) is 4.02. The van der Waals surface area contributed by atoms with E-state index in [1.165, 1.54) is 11.8 Å². The third kappa shape index (κ3) is 4.65. The van der Waals surface area contributed by atoms with Crippen LogP contribution in [0.25, 0.3) is 0 Å². The number of nitrogens with zero attached hydrogens (tertiary/aromatic N) is 3. The van der Waals surface area contributed by atoms with E-state index in [2.05, 4.69) is 15.6 Å².